The summed E-state index contributed by atoms with van der Waals surface area (Å²) in [7, 11) is 0. The second-order valence-electron chi connectivity index (χ2n) is 6.61. The standard InChI is InChI=1S/C23H20N4O3/c1-16(19-12-7-8-14-24-19)25-23(28)18-11-5-6-13-20(18)29-15-21-26-22(27-30-21)17-9-3-2-4-10-17/h2-14,16H,15H2,1H3,(H,25,28)/t16-/m0/s1. The summed E-state index contributed by atoms with van der Waals surface area (Å²) in [5.74, 6) is 0.997. The molecule has 2 heterocycles. The number of nitrogens with zero attached hydrogens (tertiary/aromatic N) is 3. The van der Waals surface area contributed by atoms with Crippen molar-refractivity contribution in [2.45, 2.75) is 19.6 Å². The lowest BCUT2D eigenvalue weighted by atomic mass is 10.1. The lowest BCUT2D eigenvalue weighted by molar-refractivity contribution is 0.0933. The molecule has 0 aliphatic rings. The van der Waals surface area contributed by atoms with Gasteiger partial charge in [0.05, 0.1) is 17.3 Å². The SMILES string of the molecule is C[C@H](NC(=O)c1ccccc1OCc1nc(-c2ccccc2)no1)c1ccccn1. The average molecular weight is 400 g/mol. The zero-order valence-corrected chi connectivity index (χ0v) is 16.4. The summed E-state index contributed by atoms with van der Waals surface area (Å²) in [5.41, 5.74) is 2.06. The molecule has 30 heavy (non-hydrogen) atoms. The van der Waals surface area contributed by atoms with Gasteiger partial charge in [-0.05, 0) is 31.2 Å². The maximum absolute atomic E-state index is 12.8. The van der Waals surface area contributed by atoms with E-state index in [1.54, 1.807) is 30.5 Å². The molecule has 2 aromatic heterocycles. The van der Waals surface area contributed by atoms with Gasteiger partial charge in [-0.1, -0.05) is 53.7 Å². The molecule has 1 amide bonds. The summed E-state index contributed by atoms with van der Waals surface area (Å²) in [6, 6.07) is 21.9. The number of hydrogen-bond donors (Lipinski definition) is 1. The Morgan fingerprint density at radius 1 is 1.03 bits per heavy atom. The Kier molecular flexibility index (Phi) is 5.80. The van der Waals surface area contributed by atoms with Gasteiger partial charge in [0.15, 0.2) is 6.61 Å². The van der Waals surface area contributed by atoms with Crippen molar-refractivity contribution in [2.75, 3.05) is 0 Å². The molecule has 4 aromatic rings. The fourth-order valence-corrected chi connectivity index (χ4v) is 2.92. The molecule has 1 atom stereocenters. The van der Waals surface area contributed by atoms with E-state index in [0.717, 1.165) is 11.3 Å². The maximum Gasteiger partial charge on any atom is 0.264 e. The minimum Gasteiger partial charge on any atom is -0.483 e. The van der Waals surface area contributed by atoms with Gasteiger partial charge in [-0.15, -0.1) is 0 Å². The van der Waals surface area contributed by atoms with Gasteiger partial charge in [0.2, 0.25) is 5.82 Å². The maximum atomic E-state index is 12.8. The number of carbonyl (C=O) groups is 1. The lowest BCUT2D eigenvalue weighted by Crippen LogP contribution is -2.27. The molecular weight excluding hydrogens is 380 g/mol. The van der Waals surface area contributed by atoms with Gasteiger partial charge < -0.3 is 14.6 Å². The molecule has 0 saturated carbocycles. The zero-order valence-electron chi connectivity index (χ0n) is 16.4. The molecule has 0 spiro atoms. The normalized spacial score (nSPS) is 11.6. The van der Waals surface area contributed by atoms with Crippen LogP contribution >= 0.6 is 0 Å². The Balaban J connectivity index is 1.43. The van der Waals surface area contributed by atoms with Gasteiger partial charge >= 0.3 is 0 Å². The summed E-state index contributed by atoms with van der Waals surface area (Å²) in [4.78, 5) is 21.4. The van der Waals surface area contributed by atoms with E-state index < -0.39 is 0 Å². The highest BCUT2D eigenvalue weighted by atomic mass is 16.5. The molecule has 7 nitrogen and oxygen atoms in total. The number of rotatable bonds is 7. The van der Waals surface area contributed by atoms with Crippen molar-refractivity contribution >= 4 is 5.91 Å². The van der Waals surface area contributed by atoms with Crippen LogP contribution in [0.5, 0.6) is 5.75 Å². The summed E-state index contributed by atoms with van der Waals surface area (Å²) < 4.78 is 11.1. The smallest absolute Gasteiger partial charge is 0.264 e. The van der Waals surface area contributed by atoms with Crippen LogP contribution in [0.3, 0.4) is 0 Å². The number of pyridine rings is 1. The van der Waals surface area contributed by atoms with Crippen molar-refractivity contribution in [3.05, 3.63) is 96.1 Å². The Morgan fingerprint density at radius 2 is 1.80 bits per heavy atom. The van der Waals surface area contributed by atoms with E-state index in [9.17, 15) is 4.79 Å². The summed E-state index contributed by atoms with van der Waals surface area (Å²) in [5, 5.41) is 6.92. The van der Waals surface area contributed by atoms with E-state index in [1.807, 2.05) is 55.5 Å². The number of carbonyl (C=O) groups excluding carboxylic acids is 1. The number of para-hydroxylation sites is 1. The molecule has 0 aliphatic carbocycles. The first-order valence-electron chi connectivity index (χ1n) is 9.52. The van der Waals surface area contributed by atoms with Crippen molar-refractivity contribution in [3.63, 3.8) is 0 Å². The van der Waals surface area contributed by atoms with Gasteiger partial charge in [-0.25, -0.2) is 0 Å². The Labute approximate surface area is 173 Å². The molecule has 0 radical (unpaired) electrons. The minimum atomic E-state index is -0.251. The molecule has 0 unspecified atom stereocenters. The predicted octanol–water partition coefficient (Wildman–Crippen LogP) is 4.20. The number of aromatic nitrogens is 3. The largest absolute Gasteiger partial charge is 0.483 e. The molecule has 0 fully saturated rings. The van der Waals surface area contributed by atoms with Crippen molar-refractivity contribution in [2.24, 2.45) is 0 Å². The minimum absolute atomic E-state index is 0.0555. The van der Waals surface area contributed by atoms with Gasteiger partial charge in [0.1, 0.15) is 5.75 Å². The second kappa shape index (κ2) is 9.00. The Bertz CT molecular complexity index is 1110. The van der Waals surface area contributed by atoms with E-state index in [1.165, 1.54) is 0 Å². The molecule has 0 bridgehead atoms. The van der Waals surface area contributed by atoms with Crippen LogP contribution in [0.15, 0.2) is 83.5 Å². The van der Waals surface area contributed by atoms with Gasteiger partial charge in [0.25, 0.3) is 11.8 Å². The number of hydrogen-bond acceptors (Lipinski definition) is 6. The Hall–Kier alpha value is -4.00. The van der Waals surface area contributed by atoms with Crippen LogP contribution < -0.4 is 10.1 Å². The van der Waals surface area contributed by atoms with Crippen molar-refractivity contribution in [1.29, 1.82) is 0 Å². The van der Waals surface area contributed by atoms with Gasteiger partial charge in [-0.3, -0.25) is 9.78 Å². The van der Waals surface area contributed by atoms with Gasteiger partial charge in [-0.2, -0.15) is 4.98 Å². The number of ether oxygens (including phenoxy) is 1. The quantitative estimate of drug-likeness (QED) is 0.500. The zero-order chi connectivity index (χ0) is 20.8. The van der Waals surface area contributed by atoms with Crippen LogP contribution in [0.2, 0.25) is 0 Å². The van der Waals surface area contributed by atoms with Crippen LogP contribution in [0.4, 0.5) is 0 Å². The second-order valence-corrected chi connectivity index (χ2v) is 6.61. The van der Waals surface area contributed by atoms with E-state index in [2.05, 4.69) is 20.4 Å². The molecule has 1 N–H and O–H groups in total. The topological polar surface area (TPSA) is 90.1 Å². The molecule has 2 aromatic carbocycles. The van der Waals surface area contributed by atoms with Crippen LogP contribution in [0.25, 0.3) is 11.4 Å². The third-order valence-electron chi connectivity index (χ3n) is 4.46. The average Bonchev–Trinajstić information content (AvgIpc) is 3.28. The predicted molar refractivity (Wildman–Crippen MR) is 111 cm³/mol. The van der Waals surface area contributed by atoms with Gasteiger partial charge in [0, 0.05) is 11.8 Å². The van der Waals surface area contributed by atoms with E-state index in [0.29, 0.717) is 23.0 Å². The summed E-state index contributed by atoms with van der Waals surface area (Å²) >= 11 is 0. The third kappa shape index (κ3) is 4.52. The van der Waals surface area contributed by atoms with Crippen molar-refractivity contribution in [3.8, 4) is 17.1 Å². The molecule has 7 heteroatoms. The summed E-state index contributed by atoms with van der Waals surface area (Å²) in [6.07, 6.45) is 1.70. The molecular formula is C23H20N4O3. The van der Waals surface area contributed by atoms with Crippen LogP contribution in [0.1, 0.15) is 34.9 Å². The highest BCUT2D eigenvalue weighted by molar-refractivity contribution is 5.97. The number of amides is 1. The highest BCUT2D eigenvalue weighted by Gasteiger charge is 2.17. The van der Waals surface area contributed by atoms with Crippen LogP contribution in [-0.4, -0.2) is 21.0 Å². The first kappa shape index (κ1) is 19.3. The van der Waals surface area contributed by atoms with Crippen molar-refractivity contribution in [1.82, 2.24) is 20.4 Å². The van der Waals surface area contributed by atoms with E-state index in [-0.39, 0.29) is 18.6 Å². The van der Waals surface area contributed by atoms with E-state index in [4.69, 9.17) is 9.26 Å². The fourth-order valence-electron chi connectivity index (χ4n) is 2.92. The molecule has 0 saturated heterocycles. The van der Waals surface area contributed by atoms with Crippen molar-refractivity contribution < 1.29 is 14.1 Å². The fraction of sp³-hybridized carbons (Fsp3) is 0.130. The first-order valence-corrected chi connectivity index (χ1v) is 9.52. The Morgan fingerprint density at radius 3 is 2.60 bits per heavy atom. The highest BCUT2D eigenvalue weighted by Crippen LogP contribution is 2.21. The van der Waals surface area contributed by atoms with E-state index >= 15 is 0 Å². The molecule has 4 rings (SSSR count). The van der Waals surface area contributed by atoms with Crippen LogP contribution in [0, 0.1) is 0 Å². The lowest BCUT2D eigenvalue weighted by Gasteiger charge is -2.15. The molecule has 0 aliphatic heterocycles. The monoisotopic (exact) mass is 400 g/mol. The first-order chi connectivity index (χ1) is 14.7. The number of nitrogens with one attached hydrogen (secondary N) is 1. The molecule has 150 valence electrons. The van der Waals surface area contributed by atoms with Crippen LogP contribution in [-0.2, 0) is 6.61 Å². The third-order valence-corrected chi connectivity index (χ3v) is 4.46. The summed E-state index contributed by atoms with van der Waals surface area (Å²) in [6.45, 7) is 1.94. The number of benzene rings is 2.